The Bertz CT molecular complexity index is 392. The van der Waals surface area contributed by atoms with Crippen LogP contribution in [0.1, 0.15) is 38.7 Å². The monoisotopic (exact) mass is 251 g/mol. The second kappa shape index (κ2) is 5.87. The number of carbonyl (C=O) groups excluding carboxylic acids is 1. The number of esters is 1. The summed E-state index contributed by atoms with van der Waals surface area (Å²) in [7, 11) is 0. The van der Waals surface area contributed by atoms with Crippen LogP contribution in [0.5, 0.6) is 5.75 Å². The van der Waals surface area contributed by atoms with Crippen molar-refractivity contribution >= 4 is 5.97 Å². The third-order valence-corrected chi connectivity index (χ3v) is 2.60. The van der Waals surface area contributed by atoms with Crippen molar-refractivity contribution in [2.45, 2.75) is 38.6 Å². The van der Waals surface area contributed by atoms with Gasteiger partial charge in [-0.3, -0.25) is 4.79 Å². The normalized spacial score (nSPS) is 13.1. The highest BCUT2D eigenvalue weighted by molar-refractivity contribution is 5.78. The molecule has 1 aromatic carbocycles. The van der Waals surface area contributed by atoms with Gasteiger partial charge in [-0.25, -0.2) is 0 Å². The van der Waals surface area contributed by atoms with Crippen molar-refractivity contribution < 1.29 is 14.6 Å². The first kappa shape index (κ1) is 14.5. The van der Waals surface area contributed by atoms with E-state index in [9.17, 15) is 9.90 Å². The molecule has 0 aromatic heterocycles. The summed E-state index contributed by atoms with van der Waals surface area (Å²) in [6.07, 6.45) is 0.497. The number of phenolic OH excluding ortho intramolecular Hbond substituents is 1. The lowest BCUT2D eigenvalue weighted by atomic mass is 9.86. The minimum Gasteiger partial charge on any atom is -0.508 e. The number of rotatable bonds is 5. The molecule has 100 valence electrons. The van der Waals surface area contributed by atoms with Gasteiger partial charge in [0, 0.05) is 5.54 Å². The van der Waals surface area contributed by atoms with Crippen molar-refractivity contribution in [2.75, 3.05) is 6.61 Å². The summed E-state index contributed by atoms with van der Waals surface area (Å²) in [5, 5.41) is 9.27. The summed E-state index contributed by atoms with van der Waals surface area (Å²) in [4.78, 5) is 12.0. The molecule has 0 radical (unpaired) electrons. The first-order valence-electron chi connectivity index (χ1n) is 6.08. The van der Waals surface area contributed by atoms with E-state index >= 15 is 0 Å². The Hall–Kier alpha value is -1.55. The van der Waals surface area contributed by atoms with Crippen LogP contribution < -0.4 is 5.73 Å². The molecule has 0 aliphatic heterocycles. The summed E-state index contributed by atoms with van der Waals surface area (Å²) >= 11 is 0. The largest absolute Gasteiger partial charge is 0.508 e. The number of carbonyl (C=O) groups is 1. The van der Waals surface area contributed by atoms with Gasteiger partial charge in [0.15, 0.2) is 0 Å². The Morgan fingerprint density at radius 3 is 2.39 bits per heavy atom. The molecular weight excluding hydrogens is 230 g/mol. The van der Waals surface area contributed by atoms with E-state index in [-0.39, 0.29) is 11.7 Å². The minimum absolute atomic E-state index is 0.174. The number of hydrogen-bond donors (Lipinski definition) is 2. The zero-order valence-corrected chi connectivity index (χ0v) is 11.1. The quantitative estimate of drug-likeness (QED) is 0.787. The summed E-state index contributed by atoms with van der Waals surface area (Å²) in [5.41, 5.74) is 6.33. The second-order valence-electron chi connectivity index (χ2n) is 5.09. The van der Waals surface area contributed by atoms with Crippen molar-refractivity contribution in [3.05, 3.63) is 29.8 Å². The molecule has 0 aliphatic rings. The van der Waals surface area contributed by atoms with Crippen LogP contribution in [0.3, 0.4) is 0 Å². The average molecular weight is 251 g/mol. The SMILES string of the molecule is CCOC(=O)C(CC(C)(C)N)c1ccc(O)cc1. The molecule has 1 rings (SSSR count). The predicted molar refractivity (Wildman–Crippen MR) is 70.4 cm³/mol. The lowest BCUT2D eigenvalue weighted by Gasteiger charge is -2.25. The van der Waals surface area contributed by atoms with Crippen LogP contribution in [0, 0.1) is 0 Å². The zero-order valence-electron chi connectivity index (χ0n) is 11.1. The molecule has 0 saturated heterocycles. The van der Waals surface area contributed by atoms with E-state index in [1.807, 2.05) is 13.8 Å². The Labute approximate surface area is 108 Å². The fraction of sp³-hybridized carbons (Fsp3) is 0.500. The Morgan fingerprint density at radius 2 is 1.94 bits per heavy atom. The zero-order chi connectivity index (χ0) is 13.8. The molecule has 18 heavy (non-hydrogen) atoms. The molecule has 3 N–H and O–H groups in total. The van der Waals surface area contributed by atoms with Crippen molar-refractivity contribution in [2.24, 2.45) is 5.73 Å². The van der Waals surface area contributed by atoms with Gasteiger partial charge in [0.25, 0.3) is 0 Å². The molecule has 1 atom stereocenters. The van der Waals surface area contributed by atoms with Gasteiger partial charge in [-0.15, -0.1) is 0 Å². The van der Waals surface area contributed by atoms with Crippen LogP contribution in [0.2, 0.25) is 0 Å². The van der Waals surface area contributed by atoms with E-state index in [1.165, 1.54) is 0 Å². The van der Waals surface area contributed by atoms with Crippen LogP contribution in [0.25, 0.3) is 0 Å². The molecule has 0 bridgehead atoms. The van der Waals surface area contributed by atoms with E-state index < -0.39 is 11.5 Å². The Balaban J connectivity index is 2.96. The first-order valence-corrected chi connectivity index (χ1v) is 6.08. The van der Waals surface area contributed by atoms with Crippen LogP contribution >= 0.6 is 0 Å². The number of benzene rings is 1. The molecule has 0 amide bonds. The van der Waals surface area contributed by atoms with Gasteiger partial charge < -0.3 is 15.6 Å². The third kappa shape index (κ3) is 4.37. The van der Waals surface area contributed by atoms with Crippen molar-refractivity contribution in [3.63, 3.8) is 0 Å². The predicted octanol–water partition coefficient (Wildman–Crippen LogP) is 2.17. The molecule has 4 heteroatoms. The number of aromatic hydroxyl groups is 1. The summed E-state index contributed by atoms with van der Waals surface area (Å²) in [6, 6.07) is 6.57. The molecule has 0 spiro atoms. The third-order valence-electron chi connectivity index (χ3n) is 2.60. The van der Waals surface area contributed by atoms with Gasteiger partial charge in [0.05, 0.1) is 12.5 Å². The van der Waals surface area contributed by atoms with E-state index in [0.29, 0.717) is 13.0 Å². The van der Waals surface area contributed by atoms with Crippen molar-refractivity contribution in [3.8, 4) is 5.75 Å². The van der Waals surface area contributed by atoms with E-state index in [2.05, 4.69) is 0 Å². The smallest absolute Gasteiger partial charge is 0.313 e. The highest BCUT2D eigenvalue weighted by Gasteiger charge is 2.27. The minimum atomic E-state index is -0.463. The van der Waals surface area contributed by atoms with E-state index in [0.717, 1.165) is 5.56 Å². The molecule has 0 fully saturated rings. The maximum absolute atomic E-state index is 12.0. The highest BCUT2D eigenvalue weighted by Crippen LogP contribution is 2.27. The van der Waals surface area contributed by atoms with Gasteiger partial charge in [-0.2, -0.15) is 0 Å². The molecule has 1 aromatic rings. The number of hydrogen-bond acceptors (Lipinski definition) is 4. The van der Waals surface area contributed by atoms with Crippen LogP contribution in [0.15, 0.2) is 24.3 Å². The van der Waals surface area contributed by atoms with Crippen LogP contribution in [-0.2, 0) is 9.53 Å². The average Bonchev–Trinajstić information content (AvgIpc) is 2.26. The maximum Gasteiger partial charge on any atom is 0.313 e. The fourth-order valence-corrected chi connectivity index (χ4v) is 1.81. The van der Waals surface area contributed by atoms with Gasteiger partial charge in [0.2, 0.25) is 0 Å². The topological polar surface area (TPSA) is 72.5 Å². The lowest BCUT2D eigenvalue weighted by molar-refractivity contribution is -0.145. The summed E-state index contributed by atoms with van der Waals surface area (Å²) in [5.74, 6) is -0.499. The molecule has 0 aliphatic carbocycles. The number of ether oxygens (including phenoxy) is 1. The first-order chi connectivity index (χ1) is 8.33. The molecule has 0 heterocycles. The molecule has 4 nitrogen and oxygen atoms in total. The fourth-order valence-electron chi connectivity index (χ4n) is 1.81. The summed E-state index contributed by atoms with van der Waals surface area (Å²) < 4.78 is 5.08. The highest BCUT2D eigenvalue weighted by atomic mass is 16.5. The lowest BCUT2D eigenvalue weighted by Crippen LogP contribution is -2.36. The van der Waals surface area contributed by atoms with Gasteiger partial charge >= 0.3 is 5.97 Å². The number of nitrogens with two attached hydrogens (primary N) is 1. The molecule has 0 saturated carbocycles. The number of phenols is 1. The van der Waals surface area contributed by atoms with E-state index in [1.54, 1.807) is 31.2 Å². The second-order valence-corrected chi connectivity index (χ2v) is 5.09. The molecular formula is C14H21NO3. The summed E-state index contributed by atoms with van der Waals surface area (Å²) in [6.45, 7) is 5.87. The van der Waals surface area contributed by atoms with Gasteiger partial charge in [-0.1, -0.05) is 12.1 Å². The Kier molecular flexibility index (Phi) is 4.73. The van der Waals surface area contributed by atoms with E-state index in [4.69, 9.17) is 10.5 Å². The van der Waals surface area contributed by atoms with Gasteiger partial charge in [-0.05, 0) is 44.9 Å². The van der Waals surface area contributed by atoms with Crippen LogP contribution in [0.4, 0.5) is 0 Å². The maximum atomic E-state index is 12.0. The van der Waals surface area contributed by atoms with Crippen molar-refractivity contribution in [1.29, 1.82) is 0 Å². The molecule has 1 unspecified atom stereocenters. The Morgan fingerprint density at radius 1 is 1.39 bits per heavy atom. The van der Waals surface area contributed by atoms with Crippen molar-refractivity contribution in [1.82, 2.24) is 0 Å². The van der Waals surface area contributed by atoms with Gasteiger partial charge in [0.1, 0.15) is 5.75 Å². The standard InChI is InChI=1S/C14H21NO3/c1-4-18-13(17)12(9-14(2,3)15)10-5-7-11(16)8-6-10/h5-8,12,16H,4,9,15H2,1-3H3. The van der Waals surface area contributed by atoms with Crippen LogP contribution in [-0.4, -0.2) is 23.2 Å².